The van der Waals surface area contributed by atoms with E-state index in [0.29, 0.717) is 5.02 Å². The molecule has 1 heterocycles. The molecular weight excluding hydrogens is 287 g/mol. The number of rotatable bonds is 2. The Kier molecular flexibility index (Phi) is 3.52. The van der Waals surface area contributed by atoms with Gasteiger partial charge in [0.15, 0.2) is 0 Å². The SMILES string of the molecule is Cc1cc(Nc2cccc(Cl)c2C)c2cc(F)ccc2n1. The van der Waals surface area contributed by atoms with Crippen molar-refractivity contribution < 1.29 is 4.39 Å². The fourth-order valence-corrected chi connectivity index (χ4v) is 2.50. The maximum Gasteiger partial charge on any atom is 0.124 e. The third-order valence-electron chi connectivity index (χ3n) is 3.44. The number of benzene rings is 2. The van der Waals surface area contributed by atoms with Gasteiger partial charge in [-0.2, -0.15) is 0 Å². The molecule has 3 aromatic rings. The molecule has 1 aromatic heterocycles. The Balaban J connectivity index is 2.15. The second-order valence-corrected chi connectivity index (χ2v) is 5.42. The van der Waals surface area contributed by atoms with E-state index in [1.165, 1.54) is 12.1 Å². The van der Waals surface area contributed by atoms with E-state index in [-0.39, 0.29) is 5.82 Å². The number of hydrogen-bond donors (Lipinski definition) is 1. The first-order valence-corrected chi connectivity index (χ1v) is 7.01. The Morgan fingerprint density at radius 3 is 2.67 bits per heavy atom. The quantitative estimate of drug-likeness (QED) is 0.686. The van der Waals surface area contributed by atoms with Gasteiger partial charge in [-0.3, -0.25) is 4.98 Å². The zero-order valence-electron chi connectivity index (χ0n) is 11.7. The minimum absolute atomic E-state index is 0.279. The number of nitrogens with one attached hydrogen (secondary N) is 1. The third kappa shape index (κ3) is 2.69. The van der Waals surface area contributed by atoms with Crippen LogP contribution in [0.15, 0.2) is 42.5 Å². The summed E-state index contributed by atoms with van der Waals surface area (Å²) in [5.41, 5.74) is 4.31. The van der Waals surface area contributed by atoms with Crippen LogP contribution in [-0.2, 0) is 0 Å². The fourth-order valence-electron chi connectivity index (χ4n) is 2.32. The summed E-state index contributed by atoms with van der Waals surface area (Å²) in [4.78, 5) is 4.43. The van der Waals surface area contributed by atoms with E-state index in [2.05, 4.69) is 10.3 Å². The van der Waals surface area contributed by atoms with Gasteiger partial charge in [-0.05, 0) is 55.8 Å². The molecule has 1 N–H and O–H groups in total. The summed E-state index contributed by atoms with van der Waals surface area (Å²) in [6.45, 7) is 3.86. The highest BCUT2D eigenvalue weighted by Gasteiger charge is 2.08. The molecule has 0 aliphatic rings. The molecule has 0 atom stereocenters. The molecule has 0 fully saturated rings. The lowest BCUT2D eigenvalue weighted by molar-refractivity contribution is 0.629. The van der Waals surface area contributed by atoms with Crippen LogP contribution in [0.2, 0.25) is 5.02 Å². The number of fused-ring (bicyclic) bond motifs is 1. The van der Waals surface area contributed by atoms with Gasteiger partial charge in [-0.25, -0.2) is 4.39 Å². The van der Waals surface area contributed by atoms with Crippen LogP contribution in [0.1, 0.15) is 11.3 Å². The first-order chi connectivity index (χ1) is 10.0. The molecule has 0 radical (unpaired) electrons. The average molecular weight is 301 g/mol. The van der Waals surface area contributed by atoms with E-state index in [0.717, 1.165) is 33.5 Å². The predicted octanol–water partition coefficient (Wildman–Crippen LogP) is 5.39. The van der Waals surface area contributed by atoms with Crippen LogP contribution in [0.3, 0.4) is 0 Å². The largest absolute Gasteiger partial charge is 0.355 e. The summed E-state index contributed by atoms with van der Waals surface area (Å²) in [5, 5.41) is 4.78. The van der Waals surface area contributed by atoms with Crippen LogP contribution in [0, 0.1) is 19.7 Å². The van der Waals surface area contributed by atoms with Crippen molar-refractivity contribution in [2.24, 2.45) is 0 Å². The van der Waals surface area contributed by atoms with Crippen molar-refractivity contribution in [3.8, 4) is 0 Å². The van der Waals surface area contributed by atoms with Gasteiger partial charge in [0.05, 0.1) is 5.52 Å². The highest BCUT2D eigenvalue weighted by atomic mass is 35.5. The lowest BCUT2D eigenvalue weighted by Gasteiger charge is -2.13. The van der Waals surface area contributed by atoms with Gasteiger partial charge >= 0.3 is 0 Å². The molecule has 0 aliphatic carbocycles. The van der Waals surface area contributed by atoms with Gasteiger partial charge in [0.25, 0.3) is 0 Å². The van der Waals surface area contributed by atoms with Crippen LogP contribution >= 0.6 is 11.6 Å². The van der Waals surface area contributed by atoms with Crippen molar-refractivity contribution in [2.75, 3.05) is 5.32 Å². The van der Waals surface area contributed by atoms with Crippen LogP contribution in [0.5, 0.6) is 0 Å². The number of nitrogens with zero attached hydrogens (tertiary/aromatic N) is 1. The molecule has 21 heavy (non-hydrogen) atoms. The Bertz CT molecular complexity index is 830. The first-order valence-electron chi connectivity index (χ1n) is 6.63. The van der Waals surface area contributed by atoms with Crippen molar-refractivity contribution in [1.82, 2.24) is 4.98 Å². The molecule has 0 bridgehead atoms. The van der Waals surface area contributed by atoms with E-state index >= 15 is 0 Å². The minimum Gasteiger partial charge on any atom is -0.355 e. The lowest BCUT2D eigenvalue weighted by Crippen LogP contribution is -1.97. The number of anilines is 2. The zero-order chi connectivity index (χ0) is 15.0. The Hall–Kier alpha value is -2.13. The molecule has 0 unspecified atom stereocenters. The normalized spacial score (nSPS) is 10.9. The van der Waals surface area contributed by atoms with E-state index < -0.39 is 0 Å². The summed E-state index contributed by atoms with van der Waals surface area (Å²) in [6.07, 6.45) is 0. The minimum atomic E-state index is -0.279. The number of hydrogen-bond acceptors (Lipinski definition) is 2. The van der Waals surface area contributed by atoms with Gasteiger partial charge in [-0.1, -0.05) is 17.7 Å². The van der Waals surface area contributed by atoms with Gasteiger partial charge in [0.1, 0.15) is 5.82 Å². The number of halogens is 2. The summed E-state index contributed by atoms with van der Waals surface area (Å²) in [5.74, 6) is -0.279. The molecule has 106 valence electrons. The Morgan fingerprint density at radius 1 is 1.05 bits per heavy atom. The van der Waals surface area contributed by atoms with Gasteiger partial charge in [0.2, 0.25) is 0 Å². The monoisotopic (exact) mass is 300 g/mol. The maximum atomic E-state index is 13.5. The predicted molar refractivity (Wildman–Crippen MR) is 85.9 cm³/mol. The standard InChI is InChI=1S/C17H14ClFN2/c1-10-8-17(13-9-12(19)6-7-16(13)20-10)21-15-5-3-4-14(18)11(15)2/h3-9H,1-2H3,(H,20,21). The van der Waals surface area contributed by atoms with Crippen molar-refractivity contribution >= 4 is 33.9 Å². The zero-order valence-corrected chi connectivity index (χ0v) is 12.5. The van der Waals surface area contributed by atoms with E-state index in [9.17, 15) is 4.39 Å². The number of aryl methyl sites for hydroxylation is 1. The highest BCUT2D eigenvalue weighted by Crippen LogP contribution is 2.30. The molecule has 0 amide bonds. The lowest BCUT2D eigenvalue weighted by atomic mass is 10.1. The summed E-state index contributed by atoms with van der Waals surface area (Å²) in [6, 6.07) is 12.2. The molecule has 0 aliphatic heterocycles. The van der Waals surface area contributed by atoms with Crippen LogP contribution in [-0.4, -0.2) is 4.98 Å². The smallest absolute Gasteiger partial charge is 0.124 e. The van der Waals surface area contributed by atoms with E-state index in [1.807, 2.05) is 38.1 Å². The second kappa shape index (κ2) is 5.34. The Labute approximate surface area is 127 Å². The fraction of sp³-hybridized carbons (Fsp3) is 0.118. The van der Waals surface area contributed by atoms with Crippen LogP contribution in [0.25, 0.3) is 10.9 Å². The highest BCUT2D eigenvalue weighted by molar-refractivity contribution is 6.31. The summed E-state index contributed by atoms with van der Waals surface area (Å²) >= 11 is 6.14. The molecule has 0 saturated carbocycles. The second-order valence-electron chi connectivity index (χ2n) is 5.01. The number of aromatic nitrogens is 1. The average Bonchev–Trinajstić information content (AvgIpc) is 2.44. The maximum absolute atomic E-state index is 13.5. The Morgan fingerprint density at radius 2 is 1.86 bits per heavy atom. The summed E-state index contributed by atoms with van der Waals surface area (Å²) < 4.78 is 13.5. The number of pyridine rings is 1. The van der Waals surface area contributed by atoms with Gasteiger partial charge in [0, 0.05) is 27.5 Å². The molecule has 0 saturated heterocycles. The van der Waals surface area contributed by atoms with Gasteiger partial charge in [-0.15, -0.1) is 0 Å². The molecule has 2 aromatic carbocycles. The van der Waals surface area contributed by atoms with E-state index in [4.69, 9.17) is 11.6 Å². The third-order valence-corrected chi connectivity index (χ3v) is 3.85. The van der Waals surface area contributed by atoms with Crippen LogP contribution < -0.4 is 5.32 Å². The van der Waals surface area contributed by atoms with Crippen LogP contribution in [0.4, 0.5) is 15.8 Å². The first kappa shape index (κ1) is 13.8. The molecule has 4 heteroatoms. The van der Waals surface area contributed by atoms with Crippen molar-refractivity contribution in [2.45, 2.75) is 13.8 Å². The molecule has 0 spiro atoms. The van der Waals surface area contributed by atoms with Crippen molar-refractivity contribution in [1.29, 1.82) is 0 Å². The summed E-state index contributed by atoms with van der Waals surface area (Å²) in [7, 11) is 0. The van der Waals surface area contributed by atoms with Crippen molar-refractivity contribution in [3.05, 3.63) is 64.6 Å². The molecule has 2 nitrogen and oxygen atoms in total. The van der Waals surface area contributed by atoms with Gasteiger partial charge < -0.3 is 5.32 Å². The van der Waals surface area contributed by atoms with E-state index in [1.54, 1.807) is 6.07 Å². The molecular formula is C17H14ClFN2. The molecule has 3 rings (SSSR count). The topological polar surface area (TPSA) is 24.9 Å². The van der Waals surface area contributed by atoms with Crippen molar-refractivity contribution in [3.63, 3.8) is 0 Å².